The van der Waals surface area contributed by atoms with Crippen molar-refractivity contribution in [3.05, 3.63) is 53.1 Å². The molecule has 0 saturated carbocycles. The first-order valence-electron chi connectivity index (χ1n) is 10.2. The Morgan fingerprint density at radius 3 is 2.32 bits per heavy atom. The molecular formula is C23H28ClN3O4. The Kier molecular flexibility index (Phi) is 8.14. The Labute approximate surface area is 187 Å². The maximum atomic E-state index is 12.5. The number of halogens is 1. The number of ether oxygens (including phenoxy) is 2. The summed E-state index contributed by atoms with van der Waals surface area (Å²) in [5.74, 6) is 1.41. The van der Waals surface area contributed by atoms with Gasteiger partial charge in [0.15, 0.2) is 0 Å². The molecule has 8 heteroatoms. The first-order valence-corrected chi connectivity index (χ1v) is 10.6. The van der Waals surface area contributed by atoms with Crippen LogP contribution < -0.4 is 14.8 Å². The number of anilines is 1. The van der Waals surface area contributed by atoms with Crippen molar-refractivity contribution in [3.8, 4) is 11.5 Å². The fourth-order valence-electron chi connectivity index (χ4n) is 3.50. The van der Waals surface area contributed by atoms with E-state index in [2.05, 4.69) is 5.32 Å². The highest BCUT2D eigenvalue weighted by Crippen LogP contribution is 2.27. The minimum atomic E-state index is -0.111. The Morgan fingerprint density at radius 2 is 1.71 bits per heavy atom. The topological polar surface area (TPSA) is 71.1 Å². The molecule has 1 aliphatic rings. The van der Waals surface area contributed by atoms with Crippen molar-refractivity contribution < 1.29 is 19.1 Å². The van der Waals surface area contributed by atoms with E-state index in [1.54, 1.807) is 32.4 Å². The lowest BCUT2D eigenvalue weighted by Crippen LogP contribution is -2.50. The van der Waals surface area contributed by atoms with Gasteiger partial charge in [0, 0.05) is 38.3 Å². The molecule has 166 valence electrons. The second kappa shape index (κ2) is 11.0. The van der Waals surface area contributed by atoms with Gasteiger partial charge in [-0.3, -0.25) is 14.5 Å². The summed E-state index contributed by atoms with van der Waals surface area (Å²) < 4.78 is 10.3. The summed E-state index contributed by atoms with van der Waals surface area (Å²) in [7, 11) is 3.18. The number of hydrogen-bond acceptors (Lipinski definition) is 5. The van der Waals surface area contributed by atoms with Gasteiger partial charge >= 0.3 is 0 Å². The number of amides is 2. The molecule has 1 aliphatic heterocycles. The quantitative estimate of drug-likeness (QED) is 0.676. The number of carbonyl (C=O) groups excluding carboxylic acids is 2. The Morgan fingerprint density at radius 1 is 1.00 bits per heavy atom. The minimum Gasteiger partial charge on any atom is -0.497 e. The highest BCUT2D eigenvalue weighted by molar-refractivity contribution is 6.32. The van der Waals surface area contributed by atoms with E-state index in [0.717, 1.165) is 11.3 Å². The first kappa shape index (κ1) is 22.9. The van der Waals surface area contributed by atoms with Gasteiger partial charge in [-0.25, -0.2) is 0 Å². The van der Waals surface area contributed by atoms with Crippen LogP contribution in [0.3, 0.4) is 0 Å². The van der Waals surface area contributed by atoms with Crippen molar-refractivity contribution in [1.29, 1.82) is 0 Å². The van der Waals surface area contributed by atoms with Crippen LogP contribution in [0.25, 0.3) is 0 Å². The predicted octanol–water partition coefficient (Wildman–Crippen LogP) is 3.07. The van der Waals surface area contributed by atoms with Crippen LogP contribution in [-0.4, -0.2) is 68.6 Å². The van der Waals surface area contributed by atoms with E-state index in [-0.39, 0.29) is 18.4 Å². The van der Waals surface area contributed by atoms with Crippen molar-refractivity contribution in [2.24, 2.45) is 0 Å². The van der Waals surface area contributed by atoms with Gasteiger partial charge < -0.3 is 19.7 Å². The SMILES string of the molecule is COc1ccc(CCC(=O)N2CCN(CC(=O)Nc3ccc(OC)c(Cl)c3)CC2)cc1. The lowest BCUT2D eigenvalue weighted by Gasteiger charge is -2.34. The van der Waals surface area contributed by atoms with E-state index >= 15 is 0 Å². The molecule has 1 saturated heterocycles. The van der Waals surface area contributed by atoms with E-state index in [9.17, 15) is 9.59 Å². The molecule has 0 radical (unpaired) electrons. The summed E-state index contributed by atoms with van der Waals surface area (Å²) in [5, 5.41) is 3.30. The Hall–Kier alpha value is -2.77. The van der Waals surface area contributed by atoms with Crippen molar-refractivity contribution in [2.75, 3.05) is 52.3 Å². The largest absolute Gasteiger partial charge is 0.497 e. The number of nitrogens with zero attached hydrogens (tertiary/aromatic N) is 2. The van der Waals surface area contributed by atoms with Crippen LogP contribution in [0.15, 0.2) is 42.5 Å². The molecule has 2 aromatic rings. The number of benzene rings is 2. The van der Waals surface area contributed by atoms with E-state index in [1.807, 2.05) is 34.1 Å². The third-order valence-corrected chi connectivity index (χ3v) is 5.61. The summed E-state index contributed by atoms with van der Waals surface area (Å²) in [6.45, 7) is 2.87. The van der Waals surface area contributed by atoms with Crippen LogP contribution >= 0.6 is 11.6 Å². The average Bonchev–Trinajstić information content (AvgIpc) is 2.78. The summed E-state index contributed by atoms with van der Waals surface area (Å²) in [6.07, 6.45) is 1.18. The van der Waals surface area contributed by atoms with E-state index < -0.39 is 0 Å². The van der Waals surface area contributed by atoms with Crippen molar-refractivity contribution >= 4 is 29.1 Å². The molecule has 1 fully saturated rings. The lowest BCUT2D eigenvalue weighted by molar-refractivity contribution is -0.133. The van der Waals surface area contributed by atoms with Gasteiger partial charge in [-0.2, -0.15) is 0 Å². The highest BCUT2D eigenvalue weighted by Gasteiger charge is 2.22. The number of piperazine rings is 1. The van der Waals surface area contributed by atoms with Gasteiger partial charge in [0.05, 0.1) is 25.8 Å². The second-order valence-electron chi connectivity index (χ2n) is 7.40. The highest BCUT2D eigenvalue weighted by atomic mass is 35.5. The van der Waals surface area contributed by atoms with Gasteiger partial charge in [-0.05, 0) is 42.3 Å². The van der Waals surface area contributed by atoms with Crippen LogP contribution in [0, 0.1) is 0 Å². The van der Waals surface area contributed by atoms with E-state index in [0.29, 0.717) is 55.5 Å². The molecule has 31 heavy (non-hydrogen) atoms. The van der Waals surface area contributed by atoms with Gasteiger partial charge in [-0.1, -0.05) is 23.7 Å². The molecule has 0 spiro atoms. The molecule has 2 amide bonds. The molecule has 7 nitrogen and oxygen atoms in total. The molecule has 0 unspecified atom stereocenters. The van der Waals surface area contributed by atoms with Crippen LogP contribution in [-0.2, 0) is 16.0 Å². The van der Waals surface area contributed by atoms with Gasteiger partial charge in [0.1, 0.15) is 11.5 Å². The lowest BCUT2D eigenvalue weighted by atomic mass is 10.1. The van der Waals surface area contributed by atoms with Crippen molar-refractivity contribution in [1.82, 2.24) is 9.80 Å². The third-order valence-electron chi connectivity index (χ3n) is 5.31. The average molecular weight is 446 g/mol. The standard InChI is InChI=1S/C23H28ClN3O4/c1-30-19-7-3-17(4-8-19)5-10-23(29)27-13-11-26(12-14-27)16-22(28)25-18-6-9-21(31-2)20(24)15-18/h3-4,6-9,15H,5,10-14,16H2,1-2H3,(H,25,28). The molecular weight excluding hydrogens is 418 g/mol. The monoisotopic (exact) mass is 445 g/mol. The fraction of sp³-hybridized carbons (Fsp3) is 0.391. The Balaban J connectivity index is 1.39. The van der Waals surface area contributed by atoms with Crippen LogP contribution in [0.2, 0.25) is 5.02 Å². The maximum absolute atomic E-state index is 12.5. The zero-order valence-corrected chi connectivity index (χ0v) is 18.7. The maximum Gasteiger partial charge on any atom is 0.238 e. The summed E-state index contributed by atoms with van der Waals surface area (Å²) in [5.41, 5.74) is 1.74. The number of rotatable bonds is 8. The molecule has 0 bridgehead atoms. The summed E-state index contributed by atoms with van der Waals surface area (Å²) in [6, 6.07) is 12.9. The molecule has 0 aliphatic carbocycles. The number of aryl methyl sites for hydroxylation is 1. The van der Waals surface area contributed by atoms with Gasteiger partial charge in [-0.15, -0.1) is 0 Å². The van der Waals surface area contributed by atoms with Crippen LogP contribution in [0.4, 0.5) is 5.69 Å². The minimum absolute atomic E-state index is 0.111. The first-order chi connectivity index (χ1) is 15.0. The zero-order chi connectivity index (χ0) is 22.2. The van der Waals surface area contributed by atoms with Crippen molar-refractivity contribution in [2.45, 2.75) is 12.8 Å². The van der Waals surface area contributed by atoms with E-state index in [4.69, 9.17) is 21.1 Å². The number of methoxy groups -OCH3 is 2. The Bertz CT molecular complexity index is 896. The van der Waals surface area contributed by atoms with Crippen LogP contribution in [0.5, 0.6) is 11.5 Å². The normalized spacial score (nSPS) is 14.2. The number of carbonyl (C=O) groups is 2. The zero-order valence-electron chi connectivity index (χ0n) is 17.9. The molecule has 0 aromatic heterocycles. The fourth-order valence-corrected chi connectivity index (χ4v) is 3.76. The summed E-state index contributed by atoms with van der Waals surface area (Å²) in [4.78, 5) is 28.8. The van der Waals surface area contributed by atoms with Crippen LogP contribution in [0.1, 0.15) is 12.0 Å². The summed E-state index contributed by atoms with van der Waals surface area (Å²) >= 11 is 6.10. The molecule has 1 N–H and O–H groups in total. The van der Waals surface area contributed by atoms with Crippen molar-refractivity contribution in [3.63, 3.8) is 0 Å². The number of hydrogen-bond donors (Lipinski definition) is 1. The molecule has 0 atom stereocenters. The molecule has 3 rings (SSSR count). The molecule has 1 heterocycles. The predicted molar refractivity (Wildman–Crippen MR) is 121 cm³/mol. The van der Waals surface area contributed by atoms with Gasteiger partial charge in [0.25, 0.3) is 0 Å². The number of nitrogens with one attached hydrogen (secondary N) is 1. The van der Waals surface area contributed by atoms with E-state index in [1.165, 1.54) is 0 Å². The van der Waals surface area contributed by atoms with Gasteiger partial charge in [0.2, 0.25) is 11.8 Å². The third kappa shape index (κ3) is 6.60. The second-order valence-corrected chi connectivity index (χ2v) is 7.81. The smallest absolute Gasteiger partial charge is 0.238 e. The molecule has 2 aromatic carbocycles.